The van der Waals surface area contributed by atoms with Crippen molar-refractivity contribution in [2.24, 2.45) is 0 Å². The molecular weight excluding hydrogens is 416 g/mol. The molecule has 2 atom stereocenters. The van der Waals surface area contributed by atoms with E-state index in [1.165, 1.54) is 23.1 Å². The first kappa shape index (κ1) is 21.3. The van der Waals surface area contributed by atoms with E-state index in [4.69, 9.17) is 0 Å². The van der Waals surface area contributed by atoms with Gasteiger partial charge in [-0.15, -0.1) is 11.8 Å². The Balaban J connectivity index is 1.36. The zero-order valence-electron chi connectivity index (χ0n) is 18.6. The lowest BCUT2D eigenvalue weighted by molar-refractivity contribution is -0.141. The van der Waals surface area contributed by atoms with Crippen LogP contribution in [-0.2, 0) is 22.6 Å². The van der Waals surface area contributed by atoms with Gasteiger partial charge in [-0.05, 0) is 49.0 Å². The third-order valence-electron chi connectivity index (χ3n) is 6.98. The number of carbonyl (C=O) groups is 2. The van der Waals surface area contributed by atoms with Crippen molar-refractivity contribution in [3.8, 4) is 0 Å². The second-order valence-electron chi connectivity index (χ2n) is 9.19. The predicted molar refractivity (Wildman–Crippen MR) is 130 cm³/mol. The van der Waals surface area contributed by atoms with Crippen molar-refractivity contribution in [3.63, 3.8) is 0 Å². The summed E-state index contributed by atoms with van der Waals surface area (Å²) in [6.07, 6.45) is 7.33. The molecule has 32 heavy (non-hydrogen) atoms. The zero-order valence-corrected chi connectivity index (χ0v) is 19.4. The highest BCUT2D eigenvalue weighted by molar-refractivity contribution is 8.04. The van der Waals surface area contributed by atoms with E-state index < -0.39 is 0 Å². The van der Waals surface area contributed by atoms with Crippen LogP contribution in [0.5, 0.6) is 0 Å². The topological polar surface area (TPSA) is 40.6 Å². The molecular formula is C27H30N2O2S. The molecule has 1 saturated carbocycles. The van der Waals surface area contributed by atoms with Crippen molar-refractivity contribution >= 4 is 29.7 Å². The number of carbonyl (C=O) groups excluding carboxylic acids is 2. The first-order chi connectivity index (χ1) is 15.6. The number of hydrogen-bond acceptors (Lipinski definition) is 3. The maximum absolute atomic E-state index is 13.5. The quantitative estimate of drug-likeness (QED) is 0.636. The van der Waals surface area contributed by atoms with Crippen molar-refractivity contribution in [2.75, 3.05) is 13.1 Å². The Hall–Kier alpha value is -2.53. The van der Waals surface area contributed by atoms with E-state index in [1.807, 2.05) is 21.9 Å². The Labute approximate surface area is 194 Å². The summed E-state index contributed by atoms with van der Waals surface area (Å²) >= 11 is 1.72. The molecule has 2 unspecified atom stereocenters. The molecule has 2 aliphatic heterocycles. The van der Waals surface area contributed by atoms with E-state index in [9.17, 15) is 9.59 Å². The van der Waals surface area contributed by atoms with Crippen molar-refractivity contribution in [1.82, 2.24) is 9.80 Å². The number of rotatable bonds is 3. The van der Waals surface area contributed by atoms with E-state index in [2.05, 4.69) is 49.4 Å². The summed E-state index contributed by atoms with van der Waals surface area (Å²) in [5.74, 6) is 0.0863. The van der Waals surface area contributed by atoms with Gasteiger partial charge in [0.15, 0.2) is 0 Å². The summed E-state index contributed by atoms with van der Waals surface area (Å²) in [4.78, 5) is 31.4. The van der Waals surface area contributed by atoms with Crippen molar-refractivity contribution in [3.05, 3.63) is 75.7 Å². The fourth-order valence-electron chi connectivity index (χ4n) is 5.13. The Bertz CT molecular complexity index is 1050. The normalized spacial score (nSPS) is 24.3. The Morgan fingerprint density at radius 2 is 1.81 bits per heavy atom. The maximum Gasteiger partial charge on any atom is 0.261 e. The van der Waals surface area contributed by atoms with Gasteiger partial charge < -0.3 is 9.80 Å². The monoisotopic (exact) mass is 446 g/mol. The summed E-state index contributed by atoms with van der Waals surface area (Å²) in [5.41, 5.74) is 4.80. The lowest BCUT2D eigenvalue weighted by Crippen LogP contribution is -2.55. The van der Waals surface area contributed by atoms with Crippen molar-refractivity contribution in [2.45, 2.75) is 56.9 Å². The minimum absolute atomic E-state index is 0.0180. The van der Waals surface area contributed by atoms with Gasteiger partial charge in [0, 0.05) is 24.4 Å². The third kappa shape index (κ3) is 4.36. The molecule has 2 amide bonds. The highest BCUT2D eigenvalue weighted by Gasteiger charge is 2.41. The number of nitrogens with zero attached hydrogens (tertiary/aromatic N) is 2. The summed E-state index contributed by atoms with van der Waals surface area (Å²) in [6.45, 7) is 3.63. The van der Waals surface area contributed by atoms with Crippen LogP contribution in [0.4, 0.5) is 0 Å². The number of fused-ring (bicyclic) bond motifs is 2. The fraction of sp³-hybridized carbons (Fsp3) is 0.407. The number of amides is 2. The van der Waals surface area contributed by atoms with Gasteiger partial charge in [0.05, 0.1) is 4.91 Å². The molecule has 3 aliphatic rings. The zero-order chi connectivity index (χ0) is 22.1. The smallest absolute Gasteiger partial charge is 0.261 e. The minimum Gasteiger partial charge on any atom is -0.336 e. The molecule has 1 saturated heterocycles. The first-order valence-corrected chi connectivity index (χ1v) is 12.6. The van der Waals surface area contributed by atoms with Gasteiger partial charge >= 0.3 is 0 Å². The summed E-state index contributed by atoms with van der Waals surface area (Å²) in [7, 11) is 0. The van der Waals surface area contributed by atoms with Gasteiger partial charge in [-0.3, -0.25) is 9.59 Å². The molecule has 0 N–H and O–H groups in total. The Morgan fingerprint density at radius 1 is 1.06 bits per heavy atom. The molecule has 1 aliphatic carbocycles. The van der Waals surface area contributed by atoms with Crippen LogP contribution in [0.2, 0.25) is 0 Å². The highest BCUT2D eigenvalue weighted by atomic mass is 32.2. The molecule has 5 rings (SSSR count). The molecule has 2 aromatic carbocycles. The Kier molecular flexibility index (Phi) is 6.09. The molecule has 0 radical (unpaired) electrons. The lowest BCUT2D eigenvalue weighted by Gasteiger charge is -2.44. The second-order valence-corrected chi connectivity index (χ2v) is 10.5. The minimum atomic E-state index is 0.0180. The van der Waals surface area contributed by atoms with Crippen LogP contribution in [0.1, 0.15) is 47.9 Å². The van der Waals surface area contributed by atoms with Crippen LogP contribution >= 0.6 is 11.8 Å². The van der Waals surface area contributed by atoms with E-state index in [0.717, 1.165) is 42.7 Å². The molecule has 2 aromatic rings. The average molecular weight is 447 g/mol. The summed E-state index contributed by atoms with van der Waals surface area (Å²) < 4.78 is 0. The summed E-state index contributed by atoms with van der Waals surface area (Å²) in [6, 6.07) is 16.8. The van der Waals surface area contributed by atoms with Crippen molar-refractivity contribution < 1.29 is 9.59 Å². The fourth-order valence-corrected chi connectivity index (χ4v) is 6.60. The van der Waals surface area contributed by atoms with Crippen LogP contribution in [0, 0.1) is 6.92 Å². The van der Waals surface area contributed by atoms with E-state index >= 15 is 0 Å². The Morgan fingerprint density at radius 3 is 2.62 bits per heavy atom. The number of aryl methyl sites for hydroxylation is 1. The highest BCUT2D eigenvalue weighted by Crippen LogP contribution is 2.42. The molecule has 2 heterocycles. The van der Waals surface area contributed by atoms with E-state index in [1.54, 1.807) is 11.8 Å². The van der Waals surface area contributed by atoms with Gasteiger partial charge in [0.1, 0.15) is 6.54 Å². The predicted octanol–water partition coefficient (Wildman–Crippen LogP) is 4.81. The van der Waals surface area contributed by atoms with Crippen LogP contribution in [0.3, 0.4) is 0 Å². The van der Waals surface area contributed by atoms with E-state index in [0.29, 0.717) is 11.8 Å². The first-order valence-electron chi connectivity index (χ1n) is 11.7. The molecule has 0 bridgehead atoms. The average Bonchev–Trinajstić information content (AvgIpc) is 2.82. The van der Waals surface area contributed by atoms with Crippen LogP contribution in [0.15, 0.2) is 53.4 Å². The van der Waals surface area contributed by atoms with Crippen LogP contribution < -0.4 is 0 Å². The molecule has 4 nitrogen and oxygen atoms in total. The number of benzene rings is 2. The maximum atomic E-state index is 13.5. The molecule has 2 fully saturated rings. The van der Waals surface area contributed by atoms with Gasteiger partial charge in [0.2, 0.25) is 5.91 Å². The van der Waals surface area contributed by atoms with Crippen LogP contribution in [-0.4, -0.2) is 46.0 Å². The van der Waals surface area contributed by atoms with Gasteiger partial charge in [-0.1, -0.05) is 66.9 Å². The van der Waals surface area contributed by atoms with Gasteiger partial charge in [0.25, 0.3) is 5.91 Å². The number of hydrogen-bond donors (Lipinski definition) is 0. The van der Waals surface area contributed by atoms with E-state index in [-0.39, 0.29) is 24.4 Å². The molecule has 166 valence electrons. The molecule has 0 spiro atoms. The summed E-state index contributed by atoms with van der Waals surface area (Å²) in [5, 5.41) is 0.382. The largest absolute Gasteiger partial charge is 0.336 e. The number of thioether (sulfide) groups is 1. The second kappa shape index (κ2) is 9.14. The standard InChI is InChI=1S/C27H30N2O2S/c1-19-10-12-20(13-11-19)16-25-27(31)29(23-8-4-5-9-24(23)32-25)18-26(30)28-15-14-21-6-2-3-7-22(21)17-28/h2-3,6-7,10-13,16,23-24H,4-5,8-9,14-15,17-18H2,1H3/b25-16+. The van der Waals surface area contributed by atoms with Gasteiger partial charge in [-0.25, -0.2) is 0 Å². The third-order valence-corrected chi connectivity index (χ3v) is 8.38. The molecule has 0 aromatic heterocycles. The van der Waals surface area contributed by atoms with Crippen molar-refractivity contribution in [1.29, 1.82) is 0 Å². The SMILES string of the molecule is Cc1ccc(/C=C2/SC3CCCCC3N(CC(=O)N3CCc4ccccc4C3)C2=O)cc1. The molecule has 5 heteroatoms. The van der Waals surface area contributed by atoms with Gasteiger partial charge in [-0.2, -0.15) is 0 Å². The van der Waals surface area contributed by atoms with Crippen LogP contribution in [0.25, 0.3) is 6.08 Å². The lowest BCUT2D eigenvalue weighted by atomic mass is 9.93.